The predicted octanol–water partition coefficient (Wildman–Crippen LogP) is 4.13. The third-order valence-electron chi connectivity index (χ3n) is 3.02. The first kappa shape index (κ1) is 12.8. The van der Waals surface area contributed by atoms with Gasteiger partial charge in [-0.1, -0.05) is 23.7 Å². The molecule has 0 saturated carbocycles. The van der Waals surface area contributed by atoms with Gasteiger partial charge in [0.15, 0.2) is 5.82 Å². The minimum Gasteiger partial charge on any atom is -0.373 e. The van der Waals surface area contributed by atoms with Crippen LogP contribution in [0.15, 0.2) is 42.5 Å². The topological polar surface area (TPSA) is 37.8 Å². The Morgan fingerprint density at radius 3 is 2.65 bits per heavy atom. The first-order chi connectivity index (χ1) is 9.69. The highest BCUT2D eigenvalue weighted by atomic mass is 35.5. The van der Waals surface area contributed by atoms with E-state index in [0.29, 0.717) is 17.2 Å². The van der Waals surface area contributed by atoms with E-state index in [2.05, 4.69) is 15.3 Å². The van der Waals surface area contributed by atoms with Gasteiger partial charge in [-0.25, -0.2) is 14.4 Å². The van der Waals surface area contributed by atoms with Gasteiger partial charge in [-0.05, 0) is 30.3 Å². The summed E-state index contributed by atoms with van der Waals surface area (Å²) in [6.45, 7) is 0. The lowest BCUT2D eigenvalue weighted by Gasteiger charge is -2.08. The SMILES string of the molecule is CNc1nc(-c2ccc(Cl)c(F)c2)nc2ccccc12. The van der Waals surface area contributed by atoms with E-state index in [1.807, 2.05) is 24.3 Å². The molecule has 1 heterocycles. The number of hydrogen-bond donors (Lipinski definition) is 1. The second-order valence-corrected chi connectivity index (χ2v) is 4.70. The molecule has 3 aromatic rings. The molecular weight excluding hydrogens is 277 g/mol. The van der Waals surface area contributed by atoms with Crippen molar-refractivity contribution < 1.29 is 4.39 Å². The zero-order valence-corrected chi connectivity index (χ0v) is 11.4. The lowest BCUT2D eigenvalue weighted by atomic mass is 10.2. The summed E-state index contributed by atoms with van der Waals surface area (Å²) in [7, 11) is 1.79. The van der Waals surface area contributed by atoms with Gasteiger partial charge in [-0.15, -0.1) is 0 Å². The van der Waals surface area contributed by atoms with Crippen molar-refractivity contribution in [2.75, 3.05) is 12.4 Å². The van der Waals surface area contributed by atoms with E-state index in [9.17, 15) is 4.39 Å². The molecule has 0 aliphatic rings. The van der Waals surface area contributed by atoms with Gasteiger partial charge in [-0.2, -0.15) is 0 Å². The Kier molecular flexibility index (Phi) is 3.24. The van der Waals surface area contributed by atoms with Crippen LogP contribution in [0.2, 0.25) is 5.02 Å². The molecule has 0 saturated heterocycles. The van der Waals surface area contributed by atoms with E-state index in [0.717, 1.165) is 10.9 Å². The van der Waals surface area contributed by atoms with Crippen molar-refractivity contribution in [3.8, 4) is 11.4 Å². The van der Waals surface area contributed by atoms with E-state index >= 15 is 0 Å². The van der Waals surface area contributed by atoms with Gasteiger partial charge in [0.2, 0.25) is 0 Å². The molecule has 3 nitrogen and oxygen atoms in total. The number of fused-ring (bicyclic) bond motifs is 1. The summed E-state index contributed by atoms with van der Waals surface area (Å²) < 4.78 is 13.6. The average molecular weight is 288 g/mol. The highest BCUT2D eigenvalue weighted by Gasteiger charge is 2.10. The molecule has 20 heavy (non-hydrogen) atoms. The third-order valence-corrected chi connectivity index (χ3v) is 3.32. The lowest BCUT2D eigenvalue weighted by Crippen LogP contribution is -1.98. The van der Waals surface area contributed by atoms with Crippen LogP contribution in [0.3, 0.4) is 0 Å². The van der Waals surface area contributed by atoms with E-state index in [1.54, 1.807) is 13.1 Å². The number of rotatable bonds is 2. The smallest absolute Gasteiger partial charge is 0.162 e. The van der Waals surface area contributed by atoms with Crippen LogP contribution >= 0.6 is 11.6 Å². The molecule has 5 heteroatoms. The Balaban J connectivity index is 2.23. The fraction of sp³-hybridized carbons (Fsp3) is 0.0667. The Morgan fingerprint density at radius 2 is 1.90 bits per heavy atom. The number of aromatic nitrogens is 2. The second-order valence-electron chi connectivity index (χ2n) is 4.29. The number of benzene rings is 2. The molecule has 1 aromatic heterocycles. The zero-order valence-electron chi connectivity index (χ0n) is 10.7. The quantitative estimate of drug-likeness (QED) is 0.770. The minimum atomic E-state index is -0.480. The van der Waals surface area contributed by atoms with Crippen molar-refractivity contribution in [2.24, 2.45) is 0 Å². The van der Waals surface area contributed by atoms with Gasteiger partial charge in [0.1, 0.15) is 11.6 Å². The van der Waals surface area contributed by atoms with Crippen LogP contribution in [0.1, 0.15) is 0 Å². The monoisotopic (exact) mass is 287 g/mol. The number of para-hydroxylation sites is 1. The average Bonchev–Trinajstić information content (AvgIpc) is 2.49. The van der Waals surface area contributed by atoms with Crippen molar-refractivity contribution in [1.29, 1.82) is 0 Å². The van der Waals surface area contributed by atoms with Crippen molar-refractivity contribution in [3.63, 3.8) is 0 Å². The summed E-state index contributed by atoms with van der Waals surface area (Å²) in [5.41, 5.74) is 1.39. The molecule has 3 rings (SSSR count). The van der Waals surface area contributed by atoms with Crippen LogP contribution in [-0.2, 0) is 0 Å². The predicted molar refractivity (Wildman–Crippen MR) is 79.5 cm³/mol. The summed E-state index contributed by atoms with van der Waals surface area (Å²) in [6, 6.07) is 12.2. The van der Waals surface area contributed by atoms with Crippen LogP contribution in [-0.4, -0.2) is 17.0 Å². The van der Waals surface area contributed by atoms with Crippen molar-refractivity contribution in [3.05, 3.63) is 53.3 Å². The van der Waals surface area contributed by atoms with Crippen LogP contribution in [0, 0.1) is 5.82 Å². The molecular formula is C15H11ClFN3. The fourth-order valence-corrected chi connectivity index (χ4v) is 2.15. The number of nitrogens with one attached hydrogen (secondary N) is 1. The zero-order chi connectivity index (χ0) is 14.1. The van der Waals surface area contributed by atoms with Gasteiger partial charge in [0, 0.05) is 18.0 Å². The summed E-state index contributed by atoms with van der Waals surface area (Å²) >= 11 is 5.69. The van der Waals surface area contributed by atoms with Gasteiger partial charge in [0.05, 0.1) is 10.5 Å². The lowest BCUT2D eigenvalue weighted by molar-refractivity contribution is 0.628. The summed E-state index contributed by atoms with van der Waals surface area (Å²) in [5.74, 6) is 0.691. The molecule has 1 N–H and O–H groups in total. The minimum absolute atomic E-state index is 0.0865. The molecule has 0 bridgehead atoms. The molecule has 0 aliphatic heterocycles. The normalized spacial score (nSPS) is 10.8. The number of nitrogens with zero attached hydrogens (tertiary/aromatic N) is 2. The highest BCUT2D eigenvalue weighted by molar-refractivity contribution is 6.30. The Bertz CT molecular complexity index is 789. The van der Waals surface area contributed by atoms with E-state index in [1.165, 1.54) is 12.1 Å². The largest absolute Gasteiger partial charge is 0.373 e. The standard InChI is InChI=1S/C15H11ClFN3/c1-18-15-10-4-2-3-5-13(10)19-14(20-15)9-6-7-11(16)12(17)8-9/h2-8H,1H3,(H,18,19,20). The molecule has 0 aliphatic carbocycles. The molecule has 0 fully saturated rings. The van der Waals surface area contributed by atoms with E-state index in [4.69, 9.17) is 11.6 Å². The van der Waals surface area contributed by atoms with Gasteiger partial charge in [-0.3, -0.25) is 0 Å². The maximum Gasteiger partial charge on any atom is 0.162 e. The van der Waals surface area contributed by atoms with Gasteiger partial charge in [0.25, 0.3) is 0 Å². The van der Waals surface area contributed by atoms with E-state index in [-0.39, 0.29) is 5.02 Å². The first-order valence-electron chi connectivity index (χ1n) is 6.09. The van der Waals surface area contributed by atoms with E-state index < -0.39 is 5.82 Å². The highest BCUT2D eigenvalue weighted by Crippen LogP contribution is 2.26. The van der Waals surface area contributed by atoms with Gasteiger partial charge < -0.3 is 5.32 Å². The third kappa shape index (κ3) is 2.18. The maximum absolute atomic E-state index is 13.6. The molecule has 0 unspecified atom stereocenters. The van der Waals surface area contributed by atoms with Crippen LogP contribution < -0.4 is 5.32 Å². The Labute approximate surface area is 120 Å². The van der Waals surface area contributed by atoms with Gasteiger partial charge >= 0.3 is 0 Å². The summed E-state index contributed by atoms with van der Waals surface area (Å²) in [4.78, 5) is 8.89. The van der Waals surface area contributed by atoms with Crippen LogP contribution in [0.25, 0.3) is 22.3 Å². The summed E-state index contributed by atoms with van der Waals surface area (Å²) in [5, 5.41) is 4.05. The fourth-order valence-electron chi connectivity index (χ4n) is 2.03. The van der Waals surface area contributed by atoms with Crippen LogP contribution in [0.5, 0.6) is 0 Å². The molecule has 100 valence electrons. The molecule has 0 amide bonds. The first-order valence-corrected chi connectivity index (χ1v) is 6.47. The molecule has 0 radical (unpaired) electrons. The number of hydrogen-bond acceptors (Lipinski definition) is 3. The van der Waals surface area contributed by atoms with Crippen molar-refractivity contribution >= 4 is 28.3 Å². The molecule has 0 atom stereocenters. The van der Waals surface area contributed by atoms with Crippen molar-refractivity contribution in [2.45, 2.75) is 0 Å². The Morgan fingerprint density at radius 1 is 1.10 bits per heavy atom. The van der Waals surface area contributed by atoms with Crippen molar-refractivity contribution in [1.82, 2.24) is 9.97 Å². The summed E-state index contributed by atoms with van der Waals surface area (Å²) in [6.07, 6.45) is 0. The number of anilines is 1. The molecule has 0 spiro atoms. The van der Waals surface area contributed by atoms with Crippen LogP contribution in [0.4, 0.5) is 10.2 Å². The molecule has 2 aromatic carbocycles. The Hall–Kier alpha value is -2.20. The maximum atomic E-state index is 13.6. The second kappa shape index (κ2) is 5.06. The number of halogens is 2.